The molecule has 12 nitrogen and oxygen atoms in total. The van der Waals surface area contributed by atoms with E-state index < -0.39 is 30.3 Å². The number of nitrogens with two attached hydrogens (primary N) is 1. The van der Waals surface area contributed by atoms with Crippen LogP contribution in [0.25, 0.3) is 0 Å². The van der Waals surface area contributed by atoms with Gasteiger partial charge >= 0.3 is 0 Å². The van der Waals surface area contributed by atoms with Gasteiger partial charge in [0.2, 0.25) is 11.8 Å². The molecule has 3 aliphatic heterocycles. The van der Waals surface area contributed by atoms with Crippen molar-refractivity contribution in [3.05, 3.63) is 23.4 Å². The van der Waals surface area contributed by atoms with Crippen LogP contribution in [0.3, 0.4) is 0 Å². The maximum atomic E-state index is 13.8. The number of halogens is 1. The van der Waals surface area contributed by atoms with Crippen LogP contribution < -0.4 is 21.3 Å². The Morgan fingerprint density at radius 1 is 1.19 bits per heavy atom. The van der Waals surface area contributed by atoms with Gasteiger partial charge in [-0.1, -0.05) is 5.18 Å². The van der Waals surface area contributed by atoms with Crippen LogP contribution >= 0.6 is 0 Å². The standard InChI is InChI=1S/C24H38FN9O3/c1-31-9-11-34(12-10-31)24(36)16-4-7-33(8-5-16)19-3-6-27-14-18(19)29-23(35)20(21(26)30-37)22-28-13-17(25)15-32(22)2/h3,6,14,16-17,20-22,28H,4-5,7-13,15,26H2,1-2H3,(H,29,35). The van der Waals surface area contributed by atoms with Gasteiger partial charge in [-0.3, -0.25) is 24.8 Å². The van der Waals surface area contributed by atoms with E-state index in [2.05, 4.69) is 37.6 Å². The maximum absolute atomic E-state index is 13.8. The molecule has 0 aromatic carbocycles. The first-order valence-corrected chi connectivity index (χ1v) is 12.9. The van der Waals surface area contributed by atoms with Crippen LogP contribution in [0.1, 0.15) is 12.8 Å². The average Bonchev–Trinajstić information content (AvgIpc) is 2.90. The number of carbonyl (C=O) groups excluding carboxylic acids is 2. The van der Waals surface area contributed by atoms with Crippen molar-refractivity contribution in [3.8, 4) is 0 Å². The fraction of sp³-hybridized carbons (Fsp3) is 0.708. The second-order valence-corrected chi connectivity index (χ2v) is 10.3. The summed E-state index contributed by atoms with van der Waals surface area (Å²) in [7, 11) is 3.74. The van der Waals surface area contributed by atoms with Crippen molar-refractivity contribution in [2.75, 3.05) is 76.7 Å². The normalized spacial score (nSPS) is 25.9. The SMILES string of the molecule is CN1CCN(C(=O)C2CCN(c3ccncc3NC(=O)C(C(N)N=O)C3NCC(F)CN3C)CC2)CC1. The number of nitroso groups, excluding NO2 is 1. The number of nitrogens with one attached hydrogen (secondary N) is 2. The molecule has 3 saturated heterocycles. The van der Waals surface area contributed by atoms with E-state index in [-0.39, 0.29) is 24.9 Å². The highest BCUT2D eigenvalue weighted by Gasteiger charge is 2.40. The zero-order valence-electron chi connectivity index (χ0n) is 21.6. The molecule has 0 saturated carbocycles. The summed E-state index contributed by atoms with van der Waals surface area (Å²) in [6.07, 6.45) is 1.63. The Hall–Kier alpha value is -2.74. The summed E-state index contributed by atoms with van der Waals surface area (Å²) in [6.45, 7) is 4.85. The van der Waals surface area contributed by atoms with E-state index in [1.807, 2.05) is 11.0 Å². The van der Waals surface area contributed by atoms with Gasteiger partial charge in [-0.2, -0.15) is 0 Å². The first-order chi connectivity index (χ1) is 17.8. The first-order valence-electron chi connectivity index (χ1n) is 12.9. The topological polar surface area (TPSA) is 140 Å². The fourth-order valence-corrected chi connectivity index (χ4v) is 5.47. The Morgan fingerprint density at radius 3 is 2.54 bits per heavy atom. The number of piperidine rings is 1. The number of likely N-dealkylation sites (N-methyl/N-ethyl adjacent to an activating group) is 1. The number of hydrogen-bond donors (Lipinski definition) is 3. The lowest BCUT2D eigenvalue weighted by molar-refractivity contribution is -0.137. The van der Waals surface area contributed by atoms with Crippen LogP contribution in [0.15, 0.2) is 23.6 Å². The zero-order chi connectivity index (χ0) is 26.5. The molecule has 0 radical (unpaired) electrons. The highest BCUT2D eigenvalue weighted by atomic mass is 19.1. The Kier molecular flexibility index (Phi) is 9.00. The van der Waals surface area contributed by atoms with Crippen molar-refractivity contribution in [2.24, 2.45) is 22.7 Å². The second-order valence-electron chi connectivity index (χ2n) is 10.3. The largest absolute Gasteiger partial charge is 0.370 e. The summed E-state index contributed by atoms with van der Waals surface area (Å²) in [5, 5.41) is 8.75. The number of piperazine rings is 1. The molecule has 4 N–H and O–H groups in total. The van der Waals surface area contributed by atoms with E-state index >= 15 is 0 Å². The monoisotopic (exact) mass is 519 g/mol. The summed E-state index contributed by atoms with van der Waals surface area (Å²) in [5.41, 5.74) is 7.20. The summed E-state index contributed by atoms with van der Waals surface area (Å²) >= 11 is 0. The third-order valence-corrected chi connectivity index (χ3v) is 7.70. The van der Waals surface area contributed by atoms with Gasteiger partial charge in [0.05, 0.1) is 23.7 Å². The van der Waals surface area contributed by atoms with Gasteiger partial charge in [-0.15, -0.1) is 4.91 Å². The molecular weight excluding hydrogens is 481 g/mol. The van der Waals surface area contributed by atoms with E-state index in [0.717, 1.165) is 44.7 Å². The molecule has 2 amide bonds. The predicted octanol–water partition coefficient (Wildman–Crippen LogP) is -0.123. The predicted molar refractivity (Wildman–Crippen MR) is 138 cm³/mol. The number of hydrogen-bond acceptors (Lipinski definition) is 10. The maximum Gasteiger partial charge on any atom is 0.234 e. The summed E-state index contributed by atoms with van der Waals surface area (Å²) < 4.78 is 13.8. The minimum atomic E-state index is -1.31. The van der Waals surface area contributed by atoms with E-state index in [1.165, 1.54) is 0 Å². The molecule has 3 fully saturated rings. The Labute approximate surface area is 216 Å². The quantitative estimate of drug-likeness (QED) is 0.421. The summed E-state index contributed by atoms with van der Waals surface area (Å²) in [4.78, 5) is 49.8. The van der Waals surface area contributed by atoms with Crippen molar-refractivity contribution < 1.29 is 14.0 Å². The molecule has 4 heterocycles. The molecule has 1 aromatic rings. The number of amides is 2. The van der Waals surface area contributed by atoms with E-state index in [4.69, 9.17) is 5.73 Å². The zero-order valence-corrected chi connectivity index (χ0v) is 21.6. The average molecular weight is 520 g/mol. The minimum absolute atomic E-state index is 0.00665. The van der Waals surface area contributed by atoms with E-state index in [1.54, 1.807) is 24.3 Å². The van der Waals surface area contributed by atoms with Gasteiger partial charge in [0.15, 0.2) is 6.17 Å². The van der Waals surface area contributed by atoms with Crippen LogP contribution in [-0.4, -0.2) is 116 Å². The summed E-state index contributed by atoms with van der Waals surface area (Å²) in [6, 6.07) is 1.82. The van der Waals surface area contributed by atoms with Crippen LogP contribution in [-0.2, 0) is 9.59 Å². The molecule has 3 aliphatic rings. The third-order valence-electron chi connectivity index (χ3n) is 7.70. The number of rotatable bonds is 7. The van der Waals surface area contributed by atoms with Crippen molar-refractivity contribution in [2.45, 2.75) is 31.3 Å². The number of aromatic nitrogens is 1. The molecule has 204 valence electrons. The van der Waals surface area contributed by atoms with Crippen LogP contribution in [0, 0.1) is 16.7 Å². The van der Waals surface area contributed by atoms with Crippen LogP contribution in [0.2, 0.25) is 0 Å². The number of anilines is 2. The molecule has 0 aliphatic carbocycles. The molecule has 4 atom stereocenters. The van der Waals surface area contributed by atoms with Crippen molar-refractivity contribution in [1.82, 2.24) is 25.0 Å². The van der Waals surface area contributed by atoms with Crippen LogP contribution in [0.5, 0.6) is 0 Å². The van der Waals surface area contributed by atoms with Gasteiger partial charge in [0, 0.05) is 64.5 Å². The molecule has 1 aromatic heterocycles. The smallest absolute Gasteiger partial charge is 0.234 e. The number of nitrogens with zero attached hydrogens (tertiary/aromatic N) is 6. The lowest BCUT2D eigenvalue weighted by atomic mass is 9.94. The molecule has 13 heteroatoms. The summed E-state index contributed by atoms with van der Waals surface area (Å²) in [5.74, 6) is -1.31. The second kappa shape index (κ2) is 12.2. The first kappa shape index (κ1) is 27.3. The van der Waals surface area contributed by atoms with Crippen molar-refractivity contribution in [1.29, 1.82) is 0 Å². The van der Waals surface area contributed by atoms with Gasteiger partial charge in [-0.25, -0.2) is 4.39 Å². The molecule has 4 unspecified atom stereocenters. The highest BCUT2D eigenvalue weighted by molar-refractivity contribution is 5.96. The van der Waals surface area contributed by atoms with Gasteiger partial charge in [0.25, 0.3) is 0 Å². The molecule has 37 heavy (non-hydrogen) atoms. The Balaban J connectivity index is 1.41. The lowest BCUT2D eigenvalue weighted by Crippen LogP contribution is -2.62. The highest BCUT2D eigenvalue weighted by Crippen LogP contribution is 2.31. The van der Waals surface area contributed by atoms with Gasteiger partial charge in [0.1, 0.15) is 12.1 Å². The van der Waals surface area contributed by atoms with E-state index in [0.29, 0.717) is 18.8 Å². The van der Waals surface area contributed by atoms with E-state index in [9.17, 15) is 18.9 Å². The van der Waals surface area contributed by atoms with Crippen molar-refractivity contribution in [3.63, 3.8) is 0 Å². The van der Waals surface area contributed by atoms with Crippen molar-refractivity contribution >= 4 is 23.2 Å². The van der Waals surface area contributed by atoms with Gasteiger partial charge in [-0.05, 0) is 33.0 Å². The molecular formula is C24H38FN9O3. The number of carbonyl (C=O) groups is 2. The lowest BCUT2D eigenvalue weighted by Gasteiger charge is -2.40. The van der Waals surface area contributed by atoms with Gasteiger partial charge < -0.3 is 25.8 Å². The third kappa shape index (κ3) is 6.40. The molecule has 4 rings (SSSR count). The Morgan fingerprint density at radius 2 is 1.89 bits per heavy atom. The number of alkyl halides is 1. The van der Waals surface area contributed by atoms with Crippen LogP contribution in [0.4, 0.5) is 15.8 Å². The molecule has 0 spiro atoms. The Bertz CT molecular complexity index is 953. The number of pyridine rings is 1. The minimum Gasteiger partial charge on any atom is -0.370 e. The fourth-order valence-electron chi connectivity index (χ4n) is 5.47. The molecule has 0 bridgehead atoms.